The Kier molecular flexibility index (Phi) is 5.06. The summed E-state index contributed by atoms with van der Waals surface area (Å²) >= 11 is 0. The number of fused-ring (bicyclic) bond motifs is 1. The van der Waals surface area contributed by atoms with Crippen molar-refractivity contribution in [1.29, 1.82) is 0 Å². The number of aromatic nitrogens is 2. The number of nitrogens with zero attached hydrogens (tertiary/aromatic N) is 3. The van der Waals surface area contributed by atoms with Gasteiger partial charge in [0.1, 0.15) is 5.82 Å². The van der Waals surface area contributed by atoms with E-state index in [1.54, 1.807) is 10.5 Å². The molecule has 0 aliphatic carbocycles. The van der Waals surface area contributed by atoms with Crippen LogP contribution in [0.4, 0.5) is 0 Å². The zero-order chi connectivity index (χ0) is 13.3. The van der Waals surface area contributed by atoms with Crippen LogP contribution in [-0.2, 0) is 23.0 Å². The minimum atomic E-state index is -3.42. The number of sulfonamides is 1. The third-order valence-corrected chi connectivity index (χ3v) is 5.56. The van der Waals surface area contributed by atoms with Crippen molar-refractivity contribution in [1.82, 2.24) is 19.2 Å². The maximum atomic E-state index is 12.6. The lowest BCUT2D eigenvalue weighted by Gasteiger charge is -2.17. The predicted molar refractivity (Wildman–Crippen MR) is 78.7 cm³/mol. The van der Waals surface area contributed by atoms with Gasteiger partial charge in [0.05, 0.1) is 0 Å². The second kappa shape index (κ2) is 6.43. The molecule has 3 heterocycles. The lowest BCUT2D eigenvalue weighted by atomic mass is 10.2. The highest BCUT2D eigenvalue weighted by atomic mass is 35.5. The fraction of sp³-hybridized carbons (Fsp3) is 0.750. The van der Waals surface area contributed by atoms with Gasteiger partial charge in [0.25, 0.3) is 10.0 Å². The van der Waals surface area contributed by atoms with Crippen molar-refractivity contribution in [2.75, 3.05) is 26.2 Å². The molecule has 1 N–H and O–H groups in total. The summed E-state index contributed by atoms with van der Waals surface area (Å²) in [5.74, 6) is 0.915. The van der Waals surface area contributed by atoms with Crippen LogP contribution in [-0.4, -0.2) is 48.5 Å². The number of hydrogen-bond acceptors (Lipinski definition) is 4. The van der Waals surface area contributed by atoms with E-state index in [2.05, 4.69) is 10.3 Å². The molecule has 0 amide bonds. The van der Waals surface area contributed by atoms with Crippen molar-refractivity contribution in [2.24, 2.45) is 0 Å². The van der Waals surface area contributed by atoms with Crippen LogP contribution in [0.15, 0.2) is 11.2 Å². The third-order valence-electron chi connectivity index (χ3n) is 3.79. The van der Waals surface area contributed by atoms with Crippen LogP contribution in [0.2, 0.25) is 0 Å². The van der Waals surface area contributed by atoms with Gasteiger partial charge in [-0.3, -0.25) is 0 Å². The normalized spacial score (nSPS) is 20.8. The number of hydrogen-bond donors (Lipinski definition) is 1. The molecule has 0 bridgehead atoms. The van der Waals surface area contributed by atoms with Crippen LogP contribution >= 0.6 is 12.4 Å². The Morgan fingerprint density at radius 1 is 1.10 bits per heavy atom. The van der Waals surface area contributed by atoms with Crippen LogP contribution < -0.4 is 5.32 Å². The van der Waals surface area contributed by atoms with Gasteiger partial charge in [-0.1, -0.05) is 0 Å². The zero-order valence-corrected chi connectivity index (χ0v) is 13.0. The molecule has 20 heavy (non-hydrogen) atoms. The summed E-state index contributed by atoms with van der Waals surface area (Å²) in [5, 5.41) is 3.45. The molecule has 1 aromatic heterocycles. The number of halogens is 1. The van der Waals surface area contributed by atoms with Crippen molar-refractivity contribution in [3.63, 3.8) is 0 Å². The Bertz CT molecular complexity index is 526. The molecule has 0 radical (unpaired) electrons. The fourth-order valence-corrected chi connectivity index (χ4v) is 4.15. The molecule has 0 spiro atoms. The van der Waals surface area contributed by atoms with E-state index in [9.17, 15) is 8.42 Å². The maximum absolute atomic E-state index is 12.6. The third kappa shape index (κ3) is 3.00. The summed E-state index contributed by atoms with van der Waals surface area (Å²) in [4.78, 5) is 4.34. The molecule has 0 saturated carbocycles. The van der Waals surface area contributed by atoms with E-state index in [1.165, 1.54) is 0 Å². The van der Waals surface area contributed by atoms with Crippen LogP contribution in [0.5, 0.6) is 0 Å². The van der Waals surface area contributed by atoms with Crippen molar-refractivity contribution >= 4 is 22.4 Å². The van der Waals surface area contributed by atoms with Crippen molar-refractivity contribution in [2.45, 2.75) is 37.3 Å². The van der Waals surface area contributed by atoms with Crippen molar-refractivity contribution in [3.8, 4) is 0 Å². The Hall–Kier alpha value is -0.630. The minimum absolute atomic E-state index is 0. The van der Waals surface area contributed by atoms with Gasteiger partial charge < -0.3 is 9.88 Å². The average molecular weight is 321 g/mol. The molecule has 6 nitrogen and oxygen atoms in total. The number of nitrogens with one attached hydrogen (secondary N) is 1. The summed E-state index contributed by atoms with van der Waals surface area (Å²) in [5.41, 5.74) is 0. The van der Waals surface area contributed by atoms with Gasteiger partial charge in [0, 0.05) is 38.8 Å². The Balaban J connectivity index is 0.00000147. The van der Waals surface area contributed by atoms with Gasteiger partial charge in [0.15, 0.2) is 5.03 Å². The Morgan fingerprint density at radius 2 is 1.95 bits per heavy atom. The molecule has 1 fully saturated rings. The molecule has 114 valence electrons. The smallest absolute Gasteiger partial charge is 0.262 e. The number of rotatable bonds is 2. The quantitative estimate of drug-likeness (QED) is 0.867. The van der Waals surface area contributed by atoms with Gasteiger partial charge in [-0.15, -0.1) is 12.4 Å². The molecular weight excluding hydrogens is 300 g/mol. The Morgan fingerprint density at radius 3 is 2.75 bits per heavy atom. The van der Waals surface area contributed by atoms with Crippen LogP contribution in [0.1, 0.15) is 25.1 Å². The van der Waals surface area contributed by atoms with Crippen molar-refractivity contribution < 1.29 is 8.42 Å². The second-order valence-corrected chi connectivity index (χ2v) is 7.04. The molecule has 1 aromatic rings. The molecular formula is C12H21ClN4O2S. The lowest BCUT2D eigenvalue weighted by molar-refractivity contribution is 0.430. The molecule has 1 saturated heterocycles. The lowest BCUT2D eigenvalue weighted by Crippen LogP contribution is -2.34. The second-order valence-electron chi connectivity index (χ2n) is 5.15. The van der Waals surface area contributed by atoms with Crippen molar-refractivity contribution in [3.05, 3.63) is 12.0 Å². The fourth-order valence-electron chi connectivity index (χ4n) is 2.70. The van der Waals surface area contributed by atoms with E-state index >= 15 is 0 Å². The number of imidazole rings is 1. The maximum Gasteiger partial charge on any atom is 0.262 e. The summed E-state index contributed by atoms with van der Waals surface area (Å²) in [6, 6.07) is 0. The van der Waals surface area contributed by atoms with Gasteiger partial charge in [-0.25, -0.2) is 13.4 Å². The average Bonchev–Trinajstić information content (AvgIpc) is 2.65. The zero-order valence-electron chi connectivity index (χ0n) is 11.4. The molecule has 0 aromatic carbocycles. The van der Waals surface area contributed by atoms with E-state index < -0.39 is 10.0 Å². The van der Waals surface area contributed by atoms with E-state index in [0.29, 0.717) is 19.6 Å². The first-order chi connectivity index (χ1) is 9.18. The molecule has 8 heteroatoms. The van der Waals surface area contributed by atoms with Gasteiger partial charge >= 0.3 is 0 Å². The molecule has 3 rings (SSSR count). The predicted octanol–water partition coefficient (Wildman–Crippen LogP) is 0.625. The minimum Gasteiger partial charge on any atom is -0.333 e. The van der Waals surface area contributed by atoms with E-state index in [4.69, 9.17) is 0 Å². The largest absolute Gasteiger partial charge is 0.333 e. The highest BCUT2D eigenvalue weighted by Gasteiger charge is 2.28. The summed E-state index contributed by atoms with van der Waals surface area (Å²) in [6.45, 7) is 3.60. The van der Waals surface area contributed by atoms with Gasteiger partial charge in [0.2, 0.25) is 0 Å². The highest BCUT2D eigenvalue weighted by Crippen LogP contribution is 2.20. The summed E-state index contributed by atoms with van der Waals surface area (Å²) in [7, 11) is -3.42. The molecule has 0 atom stereocenters. The number of aryl methyl sites for hydroxylation is 2. The highest BCUT2D eigenvalue weighted by molar-refractivity contribution is 7.89. The first-order valence-corrected chi connectivity index (χ1v) is 8.39. The van der Waals surface area contributed by atoms with E-state index in [-0.39, 0.29) is 17.4 Å². The van der Waals surface area contributed by atoms with Gasteiger partial charge in [-0.2, -0.15) is 4.31 Å². The standard InChI is InChI=1S/C12H20N4O2S.ClH/c17-19(18,16-8-3-5-13-6-9-16)12-10-15-7-2-1-4-11(15)14-12;/h10,13H,1-9H2;1H. The Labute approximate surface area is 126 Å². The van der Waals surface area contributed by atoms with E-state index in [1.807, 2.05) is 4.57 Å². The topological polar surface area (TPSA) is 67.2 Å². The van der Waals surface area contributed by atoms with Crippen LogP contribution in [0.3, 0.4) is 0 Å². The van der Waals surface area contributed by atoms with E-state index in [0.717, 1.165) is 44.6 Å². The van der Waals surface area contributed by atoms with Crippen LogP contribution in [0.25, 0.3) is 0 Å². The summed E-state index contributed by atoms with van der Waals surface area (Å²) < 4.78 is 28.7. The summed E-state index contributed by atoms with van der Waals surface area (Å²) in [6.07, 6.45) is 5.66. The first kappa shape index (κ1) is 15.8. The van der Waals surface area contributed by atoms with Gasteiger partial charge in [-0.05, 0) is 25.8 Å². The molecule has 0 unspecified atom stereocenters. The monoisotopic (exact) mass is 320 g/mol. The SMILES string of the molecule is Cl.O=S(=O)(c1cn2c(n1)CCCC2)N1CCCNCC1. The molecule has 2 aliphatic heterocycles. The first-order valence-electron chi connectivity index (χ1n) is 6.95. The molecule has 2 aliphatic rings. The van der Waals surface area contributed by atoms with Crippen LogP contribution in [0, 0.1) is 0 Å².